The number of hydrogen-bond donors (Lipinski definition) is 2. The molecule has 0 bridgehead atoms. The molecule has 1 aromatic rings. The predicted molar refractivity (Wildman–Crippen MR) is 75.3 cm³/mol. The van der Waals surface area contributed by atoms with E-state index in [1.165, 1.54) is 0 Å². The summed E-state index contributed by atoms with van der Waals surface area (Å²) in [6.45, 7) is 6.16. The molecule has 1 amide bonds. The van der Waals surface area contributed by atoms with E-state index in [9.17, 15) is 4.79 Å². The maximum Gasteiger partial charge on any atom is 0.407 e. The van der Waals surface area contributed by atoms with Crippen LogP contribution in [0.5, 0.6) is 0 Å². The predicted octanol–water partition coefficient (Wildman–Crippen LogP) is 2.30. The van der Waals surface area contributed by atoms with Gasteiger partial charge in [0.05, 0.1) is 0 Å². The van der Waals surface area contributed by atoms with E-state index in [2.05, 4.69) is 10.3 Å². The fraction of sp³-hybridized carbons (Fsp3) is 0.538. The number of aromatic nitrogens is 1. The third kappa shape index (κ3) is 5.89. The number of amides is 1. The van der Waals surface area contributed by atoms with E-state index >= 15 is 0 Å². The van der Waals surface area contributed by atoms with Crippen LogP contribution < -0.4 is 11.1 Å². The van der Waals surface area contributed by atoms with Gasteiger partial charge in [0.1, 0.15) is 5.60 Å². The number of pyridine rings is 1. The Morgan fingerprint density at radius 3 is 2.79 bits per heavy atom. The third-order valence-corrected chi connectivity index (χ3v) is 2.57. The Hall–Kier alpha value is -1.33. The van der Waals surface area contributed by atoms with Gasteiger partial charge in [-0.1, -0.05) is 11.6 Å². The number of hydrogen-bond acceptors (Lipinski definition) is 4. The van der Waals surface area contributed by atoms with Crippen LogP contribution in [0, 0.1) is 0 Å². The van der Waals surface area contributed by atoms with Gasteiger partial charge in [0, 0.05) is 35.9 Å². The molecule has 1 atom stereocenters. The first-order chi connectivity index (χ1) is 8.81. The first-order valence-corrected chi connectivity index (χ1v) is 6.48. The number of halogens is 1. The topological polar surface area (TPSA) is 77.2 Å². The summed E-state index contributed by atoms with van der Waals surface area (Å²) in [5.41, 5.74) is 5.93. The summed E-state index contributed by atoms with van der Waals surface area (Å²) < 4.78 is 5.15. The molecule has 0 aromatic carbocycles. The average molecular weight is 286 g/mol. The van der Waals surface area contributed by atoms with Crippen LogP contribution in [0.4, 0.5) is 4.79 Å². The van der Waals surface area contributed by atoms with Crippen LogP contribution in [0.2, 0.25) is 5.02 Å². The van der Waals surface area contributed by atoms with Crippen LogP contribution in [0.25, 0.3) is 0 Å². The fourth-order valence-corrected chi connectivity index (χ4v) is 1.64. The molecule has 0 aliphatic rings. The lowest BCUT2D eigenvalue weighted by atomic mass is 10.1. The second kappa shape index (κ2) is 6.73. The van der Waals surface area contributed by atoms with Crippen molar-refractivity contribution in [3.8, 4) is 0 Å². The number of nitrogens with one attached hydrogen (secondary N) is 1. The number of alkyl carbamates (subject to hydrolysis) is 1. The molecule has 0 aliphatic heterocycles. The van der Waals surface area contributed by atoms with Crippen LogP contribution in [-0.4, -0.2) is 29.8 Å². The lowest BCUT2D eigenvalue weighted by Gasteiger charge is -2.21. The Morgan fingerprint density at radius 2 is 2.26 bits per heavy atom. The van der Waals surface area contributed by atoms with Crippen molar-refractivity contribution in [3.63, 3.8) is 0 Å². The second-order valence-corrected chi connectivity index (χ2v) is 5.65. The van der Waals surface area contributed by atoms with Gasteiger partial charge in [0.2, 0.25) is 0 Å². The van der Waals surface area contributed by atoms with E-state index in [-0.39, 0.29) is 5.92 Å². The second-order valence-electron chi connectivity index (χ2n) is 5.21. The Labute approximate surface area is 118 Å². The van der Waals surface area contributed by atoms with Gasteiger partial charge >= 0.3 is 6.09 Å². The zero-order valence-corrected chi connectivity index (χ0v) is 12.2. The number of carbonyl (C=O) groups excluding carboxylic acids is 1. The van der Waals surface area contributed by atoms with E-state index in [1.807, 2.05) is 20.8 Å². The minimum absolute atomic E-state index is 0.0915. The van der Waals surface area contributed by atoms with Crippen molar-refractivity contribution >= 4 is 17.7 Å². The minimum Gasteiger partial charge on any atom is -0.444 e. The highest BCUT2D eigenvalue weighted by Crippen LogP contribution is 2.16. The van der Waals surface area contributed by atoms with Crippen LogP contribution in [-0.2, 0) is 4.74 Å². The molecule has 0 aliphatic carbocycles. The molecule has 1 aromatic heterocycles. The molecule has 19 heavy (non-hydrogen) atoms. The Morgan fingerprint density at radius 1 is 1.58 bits per heavy atom. The van der Waals surface area contributed by atoms with Crippen molar-refractivity contribution in [2.45, 2.75) is 32.3 Å². The molecule has 106 valence electrons. The zero-order valence-electron chi connectivity index (χ0n) is 11.4. The van der Waals surface area contributed by atoms with E-state index in [0.717, 1.165) is 5.69 Å². The monoisotopic (exact) mass is 285 g/mol. The normalized spacial score (nSPS) is 12.9. The van der Waals surface area contributed by atoms with E-state index in [1.54, 1.807) is 18.3 Å². The van der Waals surface area contributed by atoms with Crippen molar-refractivity contribution in [2.24, 2.45) is 5.73 Å². The van der Waals surface area contributed by atoms with Gasteiger partial charge in [-0.15, -0.1) is 0 Å². The van der Waals surface area contributed by atoms with E-state index in [4.69, 9.17) is 22.1 Å². The first kappa shape index (κ1) is 15.7. The summed E-state index contributed by atoms with van der Waals surface area (Å²) in [4.78, 5) is 15.8. The van der Waals surface area contributed by atoms with Gasteiger partial charge in [-0.05, 0) is 32.9 Å². The number of rotatable bonds is 4. The summed E-state index contributed by atoms with van der Waals surface area (Å²) in [5.74, 6) is -0.0915. The molecular formula is C13H20ClN3O2. The van der Waals surface area contributed by atoms with E-state index < -0.39 is 11.7 Å². The van der Waals surface area contributed by atoms with Crippen LogP contribution >= 0.6 is 11.6 Å². The van der Waals surface area contributed by atoms with Crippen LogP contribution in [0.15, 0.2) is 18.3 Å². The molecule has 0 fully saturated rings. The molecule has 1 rings (SSSR count). The summed E-state index contributed by atoms with van der Waals surface area (Å²) in [6.07, 6.45) is 1.15. The highest BCUT2D eigenvalue weighted by molar-refractivity contribution is 6.30. The molecule has 3 N–H and O–H groups in total. The van der Waals surface area contributed by atoms with Crippen LogP contribution in [0.1, 0.15) is 32.4 Å². The smallest absolute Gasteiger partial charge is 0.407 e. The molecule has 0 saturated heterocycles. The number of ether oxygens (including phenoxy) is 1. The molecular weight excluding hydrogens is 266 g/mol. The van der Waals surface area contributed by atoms with Gasteiger partial charge in [-0.3, -0.25) is 4.98 Å². The van der Waals surface area contributed by atoms with Crippen molar-refractivity contribution < 1.29 is 9.53 Å². The summed E-state index contributed by atoms with van der Waals surface area (Å²) in [7, 11) is 0. The molecule has 1 unspecified atom stereocenters. The van der Waals surface area contributed by atoms with E-state index in [0.29, 0.717) is 18.1 Å². The molecule has 1 heterocycles. The quantitative estimate of drug-likeness (QED) is 0.890. The van der Waals surface area contributed by atoms with Crippen molar-refractivity contribution in [1.29, 1.82) is 0 Å². The highest BCUT2D eigenvalue weighted by atomic mass is 35.5. The fourth-order valence-electron chi connectivity index (χ4n) is 1.47. The van der Waals surface area contributed by atoms with Gasteiger partial charge < -0.3 is 15.8 Å². The Kier molecular flexibility index (Phi) is 5.57. The van der Waals surface area contributed by atoms with Crippen molar-refractivity contribution in [2.75, 3.05) is 13.1 Å². The van der Waals surface area contributed by atoms with Crippen molar-refractivity contribution in [3.05, 3.63) is 29.0 Å². The Balaban J connectivity index is 2.56. The summed E-state index contributed by atoms with van der Waals surface area (Å²) >= 11 is 5.90. The maximum atomic E-state index is 11.6. The molecule has 6 heteroatoms. The van der Waals surface area contributed by atoms with Gasteiger partial charge in [-0.2, -0.15) is 0 Å². The van der Waals surface area contributed by atoms with Crippen molar-refractivity contribution in [1.82, 2.24) is 10.3 Å². The standard InChI is InChI=1S/C13H20ClN3O2/c1-13(2,3)19-12(18)17-8-9(7-15)11-6-10(14)4-5-16-11/h4-6,9H,7-8,15H2,1-3H3,(H,17,18). The van der Waals surface area contributed by atoms with Crippen LogP contribution in [0.3, 0.4) is 0 Å². The van der Waals surface area contributed by atoms with Gasteiger partial charge in [0.25, 0.3) is 0 Å². The number of nitrogens with zero attached hydrogens (tertiary/aromatic N) is 1. The largest absolute Gasteiger partial charge is 0.444 e. The highest BCUT2D eigenvalue weighted by Gasteiger charge is 2.18. The lowest BCUT2D eigenvalue weighted by molar-refractivity contribution is 0.0524. The number of nitrogens with two attached hydrogens (primary N) is 1. The SMILES string of the molecule is CC(C)(C)OC(=O)NCC(CN)c1cc(Cl)ccn1. The lowest BCUT2D eigenvalue weighted by Crippen LogP contribution is -2.36. The molecule has 5 nitrogen and oxygen atoms in total. The molecule has 0 saturated carbocycles. The zero-order chi connectivity index (χ0) is 14.5. The minimum atomic E-state index is -0.517. The summed E-state index contributed by atoms with van der Waals surface area (Å²) in [6, 6.07) is 3.44. The Bertz CT molecular complexity index is 432. The van der Waals surface area contributed by atoms with Gasteiger partial charge in [-0.25, -0.2) is 4.79 Å². The first-order valence-electron chi connectivity index (χ1n) is 6.10. The maximum absolute atomic E-state index is 11.6. The van der Waals surface area contributed by atoms with Gasteiger partial charge in [0.15, 0.2) is 0 Å². The molecule has 0 radical (unpaired) electrons. The number of carbonyl (C=O) groups is 1. The third-order valence-electron chi connectivity index (χ3n) is 2.34. The summed E-state index contributed by atoms with van der Waals surface area (Å²) in [5, 5.41) is 3.28. The average Bonchev–Trinajstić information content (AvgIpc) is 2.27. The molecule has 0 spiro atoms.